The summed E-state index contributed by atoms with van der Waals surface area (Å²) in [6.07, 6.45) is 0.294. The molecule has 2 aromatic rings. The molecule has 33 heavy (non-hydrogen) atoms. The Morgan fingerprint density at radius 1 is 1.03 bits per heavy atom. The molecular weight excluding hydrogens is 458 g/mol. The third kappa shape index (κ3) is 5.47. The average Bonchev–Trinajstić information content (AvgIpc) is 2.82. The zero-order chi connectivity index (χ0) is 23.6. The van der Waals surface area contributed by atoms with Crippen LogP contribution in [0.15, 0.2) is 53.4 Å². The van der Waals surface area contributed by atoms with E-state index in [1.54, 1.807) is 12.1 Å². The van der Waals surface area contributed by atoms with Gasteiger partial charge in [-0.25, -0.2) is 13.9 Å². The van der Waals surface area contributed by atoms with Gasteiger partial charge < -0.3 is 14.2 Å². The maximum Gasteiger partial charge on any atom is 0.261 e. The maximum atomic E-state index is 13.7. The van der Waals surface area contributed by atoms with Crippen LogP contribution in [0.5, 0.6) is 0 Å². The lowest BCUT2D eigenvalue weighted by atomic mass is 9.95. The summed E-state index contributed by atoms with van der Waals surface area (Å²) in [6.45, 7) is 8.85. The van der Waals surface area contributed by atoms with Crippen molar-refractivity contribution in [2.45, 2.75) is 43.5 Å². The number of ether oxygens (including phenoxy) is 1. The van der Waals surface area contributed by atoms with Crippen LogP contribution in [-0.4, -0.2) is 59.3 Å². The molecular formula is C23H31N3O5SSi. The number of fused-ring (bicyclic) bond motifs is 1. The van der Waals surface area contributed by atoms with Crippen LogP contribution >= 0.6 is 0 Å². The topological polar surface area (TPSA) is 88.2 Å². The van der Waals surface area contributed by atoms with Crippen LogP contribution in [0.25, 0.3) is 0 Å². The molecule has 0 radical (unpaired) electrons. The van der Waals surface area contributed by atoms with Gasteiger partial charge in [0.05, 0.1) is 18.1 Å². The van der Waals surface area contributed by atoms with Crippen LogP contribution < -0.4 is 10.4 Å². The molecule has 0 aliphatic carbocycles. The number of hydrogen-bond acceptors (Lipinski definition) is 6. The number of carbonyl (C=O) groups is 1. The van der Waals surface area contributed by atoms with E-state index in [0.717, 1.165) is 29.9 Å². The summed E-state index contributed by atoms with van der Waals surface area (Å²) >= 11 is 0. The number of morpholine rings is 1. The fourth-order valence-corrected chi connectivity index (χ4v) is 6.00. The molecule has 4 rings (SSSR count). The van der Waals surface area contributed by atoms with Gasteiger partial charge in [-0.15, -0.1) is 0 Å². The molecule has 1 N–H and O–H groups in total. The summed E-state index contributed by atoms with van der Waals surface area (Å²) in [4.78, 5) is 15.4. The number of hydrogen-bond donors (Lipinski definition) is 1. The number of nitrogens with zero attached hydrogens (tertiary/aromatic N) is 2. The zero-order valence-electron chi connectivity index (χ0n) is 19.3. The third-order valence-electron chi connectivity index (χ3n) is 5.79. The lowest BCUT2D eigenvalue weighted by Crippen LogP contribution is -2.53. The molecule has 1 amide bonds. The molecule has 0 saturated carbocycles. The van der Waals surface area contributed by atoms with Gasteiger partial charge in [0.25, 0.3) is 5.91 Å². The number of amides is 1. The van der Waals surface area contributed by atoms with Gasteiger partial charge in [0, 0.05) is 25.3 Å². The van der Waals surface area contributed by atoms with Crippen LogP contribution in [0.4, 0.5) is 5.69 Å². The highest BCUT2D eigenvalue weighted by Gasteiger charge is 2.40. The van der Waals surface area contributed by atoms with E-state index in [9.17, 15) is 13.2 Å². The van der Waals surface area contributed by atoms with Gasteiger partial charge >= 0.3 is 0 Å². The summed E-state index contributed by atoms with van der Waals surface area (Å²) in [5.41, 5.74) is 5.36. The number of nitrogens with one attached hydrogen (secondary N) is 1. The number of benzene rings is 2. The molecule has 178 valence electrons. The highest BCUT2D eigenvalue weighted by atomic mass is 32.2. The first-order chi connectivity index (χ1) is 15.6. The van der Waals surface area contributed by atoms with Crippen molar-refractivity contribution >= 4 is 29.9 Å². The molecule has 0 spiro atoms. The minimum atomic E-state index is -3.92. The Morgan fingerprint density at radius 3 is 2.30 bits per heavy atom. The largest absolute Gasteiger partial charge is 0.378 e. The Hall–Kier alpha value is -2.24. The van der Waals surface area contributed by atoms with Crippen LogP contribution in [0.1, 0.15) is 11.1 Å². The molecule has 0 unspecified atom stereocenters. The highest BCUT2D eigenvalue weighted by molar-refractivity contribution is 7.89. The molecule has 0 bridgehead atoms. The van der Waals surface area contributed by atoms with E-state index >= 15 is 0 Å². The number of carbonyl (C=O) groups excluding carboxylic acids is 1. The van der Waals surface area contributed by atoms with Crippen molar-refractivity contribution in [3.05, 3.63) is 59.7 Å². The Morgan fingerprint density at radius 2 is 1.67 bits per heavy atom. The van der Waals surface area contributed by atoms with Gasteiger partial charge in [-0.3, -0.25) is 4.79 Å². The Labute approximate surface area is 196 Å². The SMILES string of the molecule is C[Si](C)(C)ONC(=O)[C@H]1Cc2ccccc2CN1S(=O)(=O)c1ccc(N2CCOCC2)cc1. The van der Waals surface area contributed by atoms with Gasteiger partial charge in [-0.1, -0.05) is 24.3 Å². The van der Waals surface area contributed by atoms with Gasteiger partial charge in [0.15, 0.2) is 0 Å². The van der Waals surface area contributed by atoms with E-state index in [-0.39, 0.29) is 11.4 Å². The Kier molecular flexibility index (Phi) is 6.92. The van der Waals surface area contributed by atoms with Crippen LogP contribution in [0, 0.1) is 0 Å². The van der Waals surface area contributed by atoms with Crippen molar-refractivity contribution in [3.8, 4) is 0 Å². The standard InChI is InChI=1S/C23H31N3O5SSi/c1-33(2,3)31-24-23(27)22-16-18-6-4-5-7-19(18)17-26(22)32(28,29)21-10-8-20(9-11-21)25-12-14-30-15-13-25/h4-11,22H,12-17H2,1-3H3,(H,24,27)/t22-/m1/s1. The second-order valence-electron chi connectivity index (χ2n) is 9.31. The summed E-state index contributed by atoms with van der Waals surface area (Å²) in [5, 5.41) is 0. The van der Waals surface area contributed by atoms with Gasteiger partial charge in [0.1, 0.15) is 6.04 Å². The van der Waals surface area contributed by atoms with Gasteiger partial charge in [-0.05, 0) is 61.5 Å². The monoisotopic (exact) mass is 489 g/mol. The Bertz CT molecular complexity index is 1100. The number of anilines is 1. The molecule has 2 aromatic carbocycles. The zero-order valence-corrected chi connectivity index (χ0v) is 21.1. The van der Waals surface area contributed by atoms with Crippen molar-refractivity contribution in [2.24, 2.45) is 0 Å². The minimum Gasteiger partial charge on any atom is -0.378 e. The predicted octanol–water partition coefficient (Wildman–Crippen LogP) is 2.52. The number of rotatable bonds is 6. The van der Waals surface area contributed by atoms with Gasteiger partial charge in [-0.2, -0.15) is 4.31 Å². The first-order valence-electron chi connectivity index (χ1n) is 11.1. The molecule has 2 heterocycles. The fraction of sp³-hybridized carbons (Fsp3) is 0.435. The van der Waals surface area contributed by atoms with Crippen molar-refractivity contribution in [2.75, 3.05) is 31.2 Å². The maximum absolute atomic E-state index is 13.7. The summed E-state index contributed by atoms with van der Waals surface area (Å²) < 4.78 is 39.6. The van der Waals surface area contributed by atoms with E-state index in [1.165, 1.54) is 4.31 Å². The van der Waals surface area contributed by atoms with Crippen LogP contribution in [0.2, 0.25) is 19.6 Å². The van der Waals surface area contributed by atoms with E-state index in [0.29, 0.717) is 19.6 Å². The second kappa shape index (κ2) is 9.55. The van der Waals surface area contributed by atoms with E-state index < -0.39 is 30.3 Å². The first kappa shape index (κ1) is 23.9. The van der Waals surface area contributed by atoms with Gasteiger partial charge in [0.2, 0.25) is 18.3 Å². The predicted molar refractivity (Wildman–Crippen MR) is 129 cm³/mol. The van der Waals surface area contributed by atoms with Crippen molar-refractivity contribution < 1.29 is 22.5 Å². The summed E-state index contributed by atoms with van der Waals surface area (Å²) in [7, 11) is -5.94. The molecule has 0 aromatic heterocycles. The van der Waals surface area contributed by atoms with E-state index in [1.807, 2.05) is 56.0 Å². The minimum absolute atomic E-state index is 0.134. The molecule has 2 aliphatic rings. The average molecular weight is 490 g/mol. The molecule has 1 fully saturated rings. The third-order valence-corrected chi connectivity index (χ3v) is 8.37. The Balaban J connectivity index is 1.62. The smallest absolute Gasteiger partial charge is 0.261 e. The number of sulfonamides is 1. The van der Waals surface area contributed by atoms with Crippen molar-refractivity contribution in [1.29, 1.82) is 0 Å². The van der Waals surface area contributed by atoms with E-state index in [4.69, 9.17) is 9.26 Å². The highest BCUT2D eigenvalue weighted by Crippen LogP contribution is 2.30. The van der Waals surface area contributed by atoms with Crippen LogP contribution in [0.3, 0.4) is 0 Å². The molecule has 1 saturated heterocycles. The summed E-state index contributed by atoms with van der Waals surface area (Å²) in [5.74, 6) is -0.444. The van der Waals surface area contributed by atoms with Crippen LogP contribution in [-0.2, 0) is 37.0 Å². The summed E-state index contributed by atoms with van der Waals surface area (Å²) in [6, 6.07) is 13.6. The molecule has 10 heteroatoms. The van der Waals surface area contributed by atoms with Crippen molar-refractivity contribution in [3.63, 3.8) is 0 Å². The normalized spacial score (nSPS) is 19.7. The second-order valence-corrected chi connectivity index (χ2v) is 15.6. The van der Waals surface area contributed by atoms with Crippen molar-refractivity contribution in [1.82, 2.24) is 9.79 Å². The quantitative estimate of drug-likeness (QED) is 0.496. The number of hydroxylamine groups is 1. The lowest BCUT2D eigenvalue weighted by molar-refractivity contribution is -0.132. The fourth-order valence-electron chi connectivity index (χ4n) is 4.03. The molecule has 8 nitrogen and oxygen atoms in total. The molecule has 1 atom stereocenters. The lowest BCUT2D eigenvalue weighted by Gasteiger charge is -2.35. The van der Waals surface area contributed by atoms with E-state index in [2.05, 4.69) is 10.4 Å². The molecule has 2 aliphatic heterocycles. The first-order valence-corrected chi connectivity index (χ1v) is 16.0.